The Morgan fingerprint density at radius 1 is 1.09 bits per heavy atom. The van der Waals surface area contributed by atoms with Crippen LogP contribution in [-0.4, -0.2) is 30.1 Å². The van der Waals surface area contributed by atoms with Gasteiger partial charge < -0.3 is 19.2 Å². The molecule has 1 N–H and O–H groups in total. The molecule has 0 aliphatic carbocycles. The number of carbonyl (C=O) groups excluding carboxylic acids is 2. The first-order valence-corrected chi connectivity index (χ1v) is 10.7. The van der Waals surface area contributed by atoms with Crippen molar-refractivity contribution in [3.05, 3.63) is 77.3 Å². The van der Waals surface area contributed by atoms with Crippen molar-refractivity contribution in [2.75, 3.05) is 12.4 Å². The van der Waals surface area contributed by atoms with Crippen LogP contribution in [0.25, 0.3) is 22.6 Å². The summed E-state index contributed by atoms with van der Waals surface area (Å²) in [5.74, 6) is -0.327. The zero-order valence-corrected chi connectivity index (χ0v) is 18.8. The Bertz CT molecular complexity index is 1280. The average molecular weight is 465 g/mol. The normalized spacial score (nSPS) is 11.7. The fourth-order valence-electron chi connectivity index (χ4n) is 3.32. The monoisotopic (exact) mass is 464 g/mol. The van der Waals surface area contributed by atoms with Crippen molar-refractivity contribution in [3.8, 4) is 17.2 Å². The van der Waals surface area contributed by atoms with Crippen LogP contribution in [0.3, 0.4) is 0 Å². The number of rotatable bonds is 7. The van der Waals surface area contributed by atoms with Crippen LogP contribution < -0.4 is 10.1 Å². The first-order valence-electron chi connectivity index (χ1n) is 10.3. The van der Waals surface area contributed by atoms with Gasteiger partial charge in [-0.2, -0.15) is 0 Å². The van der Waals surface area contributed by atoms with Crippen molar-refractivity contribution in [2.24, 2.45) is 0 Å². The van der Waals surface area contributed by atoms with E-state index in [1.165, 1.54) is 7.11 Å². The maximum atomic E-state index is 13.0. The lowest BCUT2D eigenvalue weighted by atomic mass is 10.1. The Kier molecular flexibility index (Phi) is 6.60. The van der Waals surface area contributed by atoms with Gasteiger partial charge in [-0.1, -0.05) is 42.8 Å². The van der Waals surface area contributed by atoms with E-state index >= 15 is 0 Å². The van der Waals surface area contributed by atoms with Crippen LogP contribution in [0.2, 0.25) is 5.02 Å². The Morgan fingerprint density at radius 2 is 1.85 bits per heavy atom. The van der Waals surface area contributed by atoms with Gasteiger partial charge in [0.05, 0.1) is 23.3 Å². The lowest BCUT2D eigenvalue weighted by Crippen LogP contribution is -2.32. The van der Waals surface area contributed by atoms with Crippen LogP contribution in [0, 0.1) is 0 Å². The summed E-state index contributed by atoms with van der Waals surface area (Å²) in [5, 5.41) is 3.07. The molecule has 0 aliphatic heterocycles. The van der Waals surface area contributed by atoms with Crippen LogP contribution in [-0.2, 0) is 9.53 Å². The minimum absolute atomic E-state index is 0.253. The number of nitrogens with zero attached hydrogens (tertiary/aromatic N) is 1. The van der Waals surface area contributed by atoms with E-state index in [0.29, 0.717) is 39.0 Å². The molecule has 1 amide bonds. The van der Waals surface area contributed by atoms with Gasteiger partial charge in [0.2, 0.25) is 5.89 Å². The first-order chi connectivity index (χ1) is 16.0. The summed E-state index contributed by atoms with van der Waals surface area (Å²) in [5.41, 5.74) is 2.49. The number of halogens is 1. The largest absolute Gasteiger partial charge is 0.495 e. The molecule has 1 aromatic heterocycles. The molecule has 3 aromatic carbocycles. The van der Waals surface area contributed by atoms with Gasteiger partial charge >= 0.3 is 5.97 Å². The fraction of sp³-hybridized carbons (Fsp3) is 0.160. The molecule has 1 heterocycles. The van der Waals surface area contributed by atoms with Crippen molar-refractivity contribution in [3.63, 3.8) is 0 Å². The van der Waals surface area contributed by atoms with Gasteiger partial charge in [0, 0.05) is 5.69 Å². The molecule has 168 valence electrons. The Morgan fingerprint density at radius 3 is 2.58 bits per heavy atom. The van der Waals surface area contributed by atoms with Crippen LogP contribution >= 0.6 is 11.6 Å². The summed E-state index contributed by atoms with van der Waals surface area (Å²) < 4.78 is 16.5. The summed E-state index contributed by atoms with van der Waals surface area (Å²) in [6, 6.07) is 19.0. The zero-order valence-electron chi connectivity index (χ0n) is 18.0. The first kappa shape index (κ1) is 22.4. The van der Waals surface area contributed by atoms with Crippen molar-refractivity contribution in [1.29, 1.82) is 0 Å². The van der Waals surface area contributed by atoms with Crippen molar-refractivity contribution in [1.82, 2.24) is 4.98 Å². The van der Waals surface area contributed by atoms with E-state index in [4.69, 9.17) is 25.5 Å². The molecular formula is C25H21ClN2O5. The molecule has 0 radical (unpaired) electrons. The maximum absolute atomic E-state index is 13.0. The third-order valence-electron chi connectivity index (χ3n) is 5.00. The molecule has 1 atom stereocenters. The number of carbonyl (C=O) groups is 2. The predicted octanol–water partition coefficient (Wildman–Crippen LogP) is 5.73. The van der Waals surface area contributed by atoms with Gasteiger partial charge in [-0.05, 0) is 48.9 Å². The molecule has 33 heavy (non-hydrogen) atoms. The predicted molar refractivity (Wildman–Crippen MR) is 126 cm³/mol. The van der Waals surface area contributed by atoms with E-state index in [1.54, 1.807) is 55.5 Å². The van der Waals surface area contributed by atoms with Crippen molar-refractivity contribution < 1.29 is 23.5 Å². The molecule has 0 spiro atoms. The summed E-state index contributed by atoms with van der Waals surface area (Å²) in [6.45, 7) is 1.76. The van der Waals surface area contributed by atoms with Gasteiger partial charge in [0.1, 0.15) is 11.3 Å². The number of esters is 1. The third kappa shape index (κ3) is 4.83. The van der Waals surface area contributed by atoms with Crippen molar-refractivity contribution in [2.45, 2.75) is 19.4 Å². The number of methoxy groups -OCH3 is 1. The van der Waals surface area contributed by atoms with Gasteiger partial charge in [-0.25, -0.2) is 9.78 Å². The highest BCUT2D eigenvalue weighted by atomic mass is 35.5. The second-order valence-corrected chi connectivity index (χ2v) is 7.58. The average Bonchev–Trinajstić information content (AvgIpc) is 3.26. The number of amides is 1. The Hall–Kier alpha value is -3.84. The van der Waals surface area contributed by atoms with Crippen LogP contribution in [0.5, 0.6) is 5.75 Å². The number of fused-ring (bicyclic) bond motifs is 1. The summed E-state index contributed by atoms with van der Waals surface area (Å²) in [7, 11) is 1.50. The highest BCUT2D eigenvalue weighted by Gasteiger charge is 2.25. The second-order valence-electron chi connectivity index (χ2n) is 7.17. The molecule has 0 saturated heterocycles. The molecule has 0 fully saturated rings. The number of hydrogen-bond acceptors (Lipinski definition) is 6. The Balaban J connectivity index is 1.53. The SMILES string of the molecule is CCC(OC(=O)c1ccccc1-c1nc2ccccc2o1)C(=O)Nc1ccc(OC)c(Cl)c1. The van der Waals surface area contributed by atoms with Gasteiger partial charge in [0.25, 0.3) is 5.91 Å². The molecule has 0 bridgehead atoms. The number of ether oxygens (including phenoxy) is 2. The lowest BCUT2D eigenvalue weighted by Gasteiger charge is -2.17. The molecule has 0 aliphatic rings. The third-order valence-corrected chi connectivity index (χ3v) is 5.30. The van der Waals surface area contributed by atoms with E-state index in [1.807, 2.05) is 18.2 Å². The number of para-hydroxylation sites is 2. The van der Waals surface area contributed by atoms with Crippen LogP contribution in [0.1, 0.15) is 23.7 Å². The van der Waals surface area contributed by atoms with Crippen LogP contribution in [0.15, 0.2) is 71.1 Å². The maximum Gasteiger partial charge on any atom is 0.339 e. The number of anilines is 1. The smallest absolute Gasteiger partial charge is 0.339 e. The van der Waals surface area contributed by atoms with E-state index in [0.717, 1.165) is 0 Å². The van der Waals surface area contributed by atoms with E-state index in [2.05, 4.69) is 10.3 Å². The number of benzene rings is 3. The van der Waals surface area contributed by atoms with E-state index < -0.39 is 18.0 Å². The molecule has 4 rings (SSSR count). The topological polar surface area (TPSA) is 90.7 Å². The quantitative estimate of drug-likeness (QED) is 0.351. The Labute approximate surface area is 195 Å². The van der Waals surface area contributed by atoms with Crippen molar-refractivity contribution >= 4 is 40.3 Å². The number of oxazole rings is 1. The number of nitrogens with one attached hydrogen (secondary N) is 1. The summed E-state index contributed by atoms with van der Waals surface area (Å²) >= 11 is 6.12. The highest BCUT2D eigenvalue weighted by molar-refractivity contribution is 6.32. The molecule has 0 saturated carbocycles. The van der Waals surface area contributed by atoms with Gasteiger partial charge in [-0.15, -0.1) is 0 Å². The standard InChI is InChI=1S/C25H21ClN2O5/c1-3-20(23(29)27-15-12-13-21(31-2)18(26)14-15)33-25(30)17-9-5-4-8-16(17)24-28-19-10-6-7-11-22(19)32-24/h4-14,20H,3H2,1-2H3,(H,27,29). The molecule has 1 unspecified atom stereocenters. The summed E-state index contributed by atoms with van der Waals surface area (Å²) in [6.07, 6.45) is -0.720. The van der Waals surface area contributed by atoms with Gasteiger partial charge in [-0.3, -0.25) is 4.79 Å². The van der Waals surface area contributed by atoms with Gasteiger partial charge in [0.15, 0.2) is 11.7 Å². The molecule has 4 aromatic rings. The molecule has 7 nitrogen and oxygen atoms in total. The highest BCUT2D eigenvalue weighted by Crippen LogP contribution is 2.29. The number of hydrogen-bond donors (Lipinski definition) is 1. The second kappa shape index (κ2) is 9.75. The zero-order chi connectivity index (χ0) is 23.4. The fourth-order valence-corrected chi connectivity index (χ4v) is 3.57. The molecular weight excluding hydrogens is 444 g/mol. The van der Waals surface area contributed by atoms with Crippen LogP contribution in [0.4, 0.5) is 5.69 Å². The minimum atomic E-state index is -1.00. The van der Waals surface area contributed by atoms with E-state index in [9.17, 15) is 9.59 Å². The van der Waals surface area contributed by atoms with E-state index in [-0.39, 0.29) is 12.0 Å². The lowest BCUT2D eigenvalue weighted by molar-refractivity contribution is -0.124. The summed E-state index contributed by atoms with van der Waals surface area (Å²) in [4.78, 5) is 30.2. The minimum Gasteiger partial charge on any atom is -0.495 e. The number of aromatic nitrogens is 1. The molecule has 8 heteroatoms.